The van der Waals surface area contributed by atoms with Gasteiger partial charge in [0.15, 0.2) is 11.9 Å². The Balaban J connectivity index is 1.85. The minimum atomic E-state index is -1.11. The van der Waals surface area contributed by atoms with Gasteiger partial charge in [-0.1, -0.05) is 47.1 Å². The maximum absolute atomic E-state index is 14.4. The van der Waals surface area contributed by atoms with E-state index in [1.807, 2.05) is 27.7 Å². The van der Waals surface area contributed by atoms with E-state index in [1.165, 1.54) is 25.3 Å². The van der Waals surface area contributed by atoms with Gasteiger partial charge in [0.05, 0.1) is 76.4 Å². The van der Waals surface area contributed by atoms with Crippen LogP contribution in [0.15, 0.2) is 23.6 Å². The van der Waals surface area contributed by atoms with Crippen LogP contribution in [0, 0.1) is 29.6 Å². The fourth-order valence-electron chi connectivity index (χ4n) is 8.37. The van der Waals surface area contributed by atoms with Crippen molar-refractivity contribution in [1.29, 1.82) is 0 Å². The Labute approximate surface area is 507 Å². The van der Waals surface area contributed by atoms with Crippen molar-refractivity contribution in [3.8, 4) is 17.6 Å². The number of esters is 2. The van der Waals surface area contributed by atoms with Gasteiger partial charge in [-0.2, -0.15) is 0 Å². The first-order valence-electron chi connectivity index (χ1n) is 28.9. The van der Waals surface area contributed by atoms with E-state index in [0.29, 0.717) is 12.0 Å². The number of carbonyl (C=O) groups is 10. The average molecular weight is 1230 g/mol. The van der Waals surface area contributed by atoms with Crippen LogP contribution in [0.3, 0.4) is 0 Å². The number of rotatable bonds is 19. The zero-order valence-corrected chi connectivity index (χ0v) is 52.3. The fourth-order valence-corrected chi connectivity index (χ4v) is 9.21. The van der Waals surface area contributed by atoms with Crippen LogP contribution in [0.1, 0.15) is 127 Å². The molecule has 27 heteroatoms. The fraction of sp³-hybridized carbons (Fsp3) is 0.644. The highest BCUT2D eigenvalue weighted by molar-refractivity contribution is 7.09. The third-order valence-electron chi connectivity index (χ3n) is 14.2. The van der Waals surface area contributed by atoms with Gasteiger partial charge in [0.1, 0.15) is 16.7 Å². The van der Waals surface area contributed by atoms with Gasteiger partial charge in [-0.05, 0) is 76.7 Å². The summed E-state index contributed by atoms with van der Waals surface area (Å²) in [5.41, 5.74) is -0.351. The smallest absolute Gasteiger partial charge is 0.313 e. The van der Waals surface area contributed by atoms with Gasteiger partial charge >= 0.3 is 17.9 Å². The van der Waals surface area contributed by atoms with E-state index < -0.39 is 77.2 Å². The van der Waals surface area contributed by atoms with Crippen molar-refractivity contribution >= 4 is 76.3 Å². The summed E-state index contributed by atoms with van der Waals surface area (Å²) in [5.74, 6) is -2.82. The number of hydrogen-bond donors (Lipinski definition) is 7. The summed E-state index contributed by atoms with van der Waals surface area (Å²) in [6, 6.07) is 2.39. The van der Waals surface area contributed by atoms with Crippen LogP contribution in [-0.2, 0) is 73.3 Å². The van der Waals surface area contributed by atoms with Gasteiger partial charge in [-0.15, -0.1) is 11.3 Å². The molecular weight excluding hydrogens is 1140 g/mol. The Bertz CT molecular complexity index is 2650. The Kier molecular flexibility index (Phi) is 32.5. The summed E-state index contributed by atoms with van der Waals surface area (Å²) in [4.78, 5) is 138. The lowest BCUT2D eigenvalue weighted by molar-refractivity contribution is -0.149. The van der Waals surface area contributed by atoms with Crippen molar-refractivity contribution in [2.45, 2.75) is 137 Å². The molecular formula is C59H89N9O17S. The second-order valence-corrected chi connectivity index (χ2v) is 22.7. The van der Waals surface area contributed by atoms with Crippen LogP contribution in [0.2, 0.25) is 0 Å². The molecule has 6 atom stereocenters. The largest absolute Gasteiger partial charge is 0.481 e. The van der Waals surface area contributed by atoms with Gasteiger partial charge in [-0.3, -0.25) is 52.8 Å². The summed E-state index contributed by atoms with van der Waals surface area (Å²) in [5, 5.41) is 28.2. The molecule has 3 rings (SSSR count). The number of carboxylic acid groups (broad SMARTS) is 1. The molecule has 26 nitrogen and oxygen atoms in total. The number of aromatic nitrogens is 1. The SMILES string of the molecule is CC[C@H](C)[C@H](NC(=O)C(C)(C)N(C)C)C(=O)N(C)[C@H](C[C@@H](OC(C)=O)c1nc(C(=O)N[C@@H](Cc2ccc3c(c2)NC(=O)CCCNC(=O)CCOCCOCCNC(=O)C#CC(=O)NCCOCCOCCC(=O)O3)CC(C)C(=O)O)cs1)C(C)C. The van der Waals surface area contributed by atoms with Crippen molar-refractivity contribution in [3.05, 3.63) is 39.8 Å². The van der Waals surface area contributed by atoms with Crippen LogP contribution < -0.4 is 36.6 Å². The summed E-state index contributed by atoms with van der Waals surface area (Å²) in [7, 11) is 5.21. The number of hydrogen-bond acceptors (Lipinski definition) is 19. The Morgan fingerprint density at radius 2 is 1.40 bits per heavy atom. The molecule has 2 heterocycles. The highest BCUT2D eigenvalue weighted by atomic mass is 32.1. The Hall–Kier alpha value is -7.09. The first-order valence-corrected chi connectivity index (χ1v) is 29.8. The van der Waals surface area contributed by atoms with Gasteiger partial charge in [0.25, 0.3) is 17.7 Å². The van der Waals surface area contributed by atoms with E-state index in [-0.39, 0.29) is 169 Å². The highest BCUT2D eigenvalue weighted by Gasteiger charge is 2.39. The first kappa shape index (κ1) is 73.2. The molecule has 86 heavy (non-hydrogen) atoms. The number of aliphatic carboxylic acids is 1. The highest BCUT2D eigenvalue weighted by Crippen LogP contribution is 2.32. The van der Waals surface area contributed by atoms with Gasteiger partial charge in [0, 0.05) is 82.2 Å². The third-order valence-corrected chi connectivity index (χ3v) is 15.1. The molecule has 0 aliphatic carbocycles. The number of anilines is 1. The molecule has 0 saturated carbocycles. The number of nitrogens with one attached hydrogen (secondary N) is 6. The van der Waals surface area contributed by atoms with Crippen molar-refractivity contribution in [3.63, 3.8) is 0 Å². The number of carbonyl (C=O) groups excluding carboxylic acids is 9. The molecule has 0 radical (unpaired) electrons. The molecule has 1 aromatic heterocycles. The van der Waals surface area contributed by atoms with Crippen LogP contribution in [0.25, 0.3) is 0 Å². The molecule has 0 fully saturated rings. The predicted molar refractivity (Wildman–Crippen MR) is 317 cm³/mol. The maximum atomic E-state index is 14.4. The second-order valence-electron chi connectivity index (χ2n) is 21.8. The minimum absolute atomic E-state index is 0.0126. The van der Waals surface area contributed by atoms with Gasteiger partial charge < -0.3 is 70.3 Å². The first-order chi connectivity index (χ1) is 40.7. The molecule has 1 unspecified atom stereocenters. The molecule has 0 saturated heterocycles. The van der Waals surface area contributed by atoms with Crippen LogP contribution >= 0.6 is 11.3 Å². The number of carboxylic acids is 1. The van der Waals surface area contributed by atoms with E-state index in [1.54, 1.807) is 56.9 Å². The van der Waals surface area contributed by atoms with Crippen molar-refractivity contribution in [2.24, 2.45) is 17.8 Å². The van der Waals surface area contributed by atoms with E-state index in [9.17, 15) is 53.1 Å². The molecule has 1 aliphatic heterocycles. The number of amides is 7. The molecule has 7 N–H and O–H groups in total. The quantitative estimate of drug-likeness (QED) is 0.0604. The standard InChI is InChI=1S/C59H89N9O17S/c1-12-38(4)53(66-58(79)59(7,8)67(9)10)56(76)68(11)45(37(2)3)35-47(84-40(6)69)55-65-44(36-86-55)54(75)63-42(32-39(5)57(77)78)33-41-15-16-46-43(34-41)64-51(73)14-13-21-60-50(72)19-24-80-28-30-82-26-22-61-48(70)17-18-49(71)62-23-27-83-31-29-81-25-20-52(74)85-46/h15-16,34,36-39,42,45,47,53H,12-14,19-33,35H2,1-11H3,(H,60,72)(H,61,70)(H,62,71)(H,63,75)(H,64,73)(H,66,79)(H,77,78)/t38-,39?,42+,45+,47+,53-/m0/s1. The van der Waals surface area contributed by atoms with E-state index >= 15 is 0 Å². The Morgan fingerprint density at radius 1 is 0.791 bits per heavy atom. The number of nitrogens with zero attached hydrogens (tertiary/aromatic N) is 3. The van der Waals surface area contributed by atoms with Gasteiger partial charge in [-0.25, -0.2) is 4.98 Å². The minimum Gasteiger partial charge on any atom is -0.481 e. The normalized spacial score (nSPS) is 17.8. The molecule has 0 spiro atoms. The lowest BCUT2D eigenvalue weighted by Crippen LogP contribution is -2.60. The number of benzene rings is 1. The molecule has 478 valence electrons. The lowest BCUT2D eigenvalue weighted by atomic mass is 9.92. The van der Waals surface area contributed by atoms with E-state index in [2.05, 4.69) is 48.7 Å². The Morgan fingerprint density at radius 3 is 1.97 bits per heavy atom. The lowest BCUT2D eigenvalue weighted by Gasteiger charge is -2.38. The topological polar surface area (TPSA) is 338 Å². The van der Waals surface area contributed by atoms with Gasteiger partial charge in [0.2, 0.25) is 23.6 Å². The summed E-state index contributed by atoms with van der Waals surface area (Å²) >= 11 is 1.07. The van der Waals surface area contributed by atoms with Crippen molar-refractivity contribution in [2.75, 3.05) is 98.9 Å². The van der Waals surface area contributed by atoms with Crippen LogP contribution in [0.5, 0.6) is 5.75 Å². The molecule has 7 amide bonds. The molecule has 0 bridgehead atoms. The number of ether oxygens (including phenoxy) is 6. The summed E-state index contributed by atoms with van der Waals surface area (Å²) in [6.07, 6.45) is -0.266. The molecule has 1 aliphatic rings. The van der Waals surface area contributed by atoms with Crippen molar-refractivity contribution in [1.82, 2.24) is 41.4 Å². The van der Waals surface area contributed by atoms with E-state index in [0.717, 1.165) is 11.3 Å². The number of fused-ring (bicyclic) bond motifs is 1. The zero-order chi connectivity index (χ0) is 63.9. The maximum Gasteiger partial charge on any atom is 0.313 e. The van der Waals surface area contributed by atoms with Crippen molar-refractivity contribution < 1.29 is 81.5 Å². The number of likely N-dealkylation sites (N-methyl/N-ethyl adjacent to an activating group) is 2. The number of thiazole rings is 1. The third kappa shape index (κ3) is 26.7. The monoisotopic (exact) mass is 1230 g/mol. The molecule has 1 aromatic carbocycles. The zero-order valence-electron chi connectivity index (χ0n) is 51.5. The van der Waals surface area contributed by atoms with E-state index in [4.69, 9.17) is 28.4 Å². The summed E-state index contributed by atoms with van der Waals surface area (Å²) < 4.78 is 33.4. The second kappa shape index (κ2) is 38.1. The predicted octanol–water partition coefficient (Wildman–Crippen LogP) is 2.78. The average Bonchev–Trinajstić information content (AvgIpc) is 3.55. The molecule has 2 aromatic rings. The van der Waals surface area contributed by atoms with Crippen LogP contribution in [0.4, 0.5) is 5.69 Å². The van der Waals surface area contributed by atoms with Crippen LogP contribution in [-0.4, -0.2) is 196 Å². The summed E-state index contributed by atoms with van der Waals surface area (Å²) in [6.45, 7) is 15.3.